The van der Waals surface area contributed by atoms with Gasteiger partial charge in [-0.25, -0.2) is 0 Å². The zero-order valence-electron chi connectivity index (χ0n) is 12.3. The molecule has 1 aromatic rings. The van der Waals surface area contributed by atoms with Gasteiger partial charge in [0.05, 0.1) is 26.9 Å². The Morgan fingerprint density at radius 3 is 1.84 bits per heavy atom. The molecule has 0 heterocycles. The number of methoxy groups -OCH3 is 3. The summed E-state index contributed by atoms with van der Waals surface area (Å²) < 4.78 is 16.0. The van der Waals surface area contributed by atoms with Gasteiger partial charge in [-0.1, -0.05) is 0 Å². The zero-order valence-corrected chi connectivity index (χ0v) is 12.3. The molecule has 0 saturated heterocycles. The Morgan fingerprint density at radius 1 is 1.05 bits per heavy atom. The number of ether oxygens (including phenoxy) is 3. The van der Waals surface area contributed by atoms with E-state index < -0.39 is 0 Å². The summed E-state index contributed by atoms with van der Waals surface area (Å²) in [5.74, 6) is 1.96. The van der Waals surface area contributed by atoms with E-state index in [1.54, 1.807) is 33.5 Å². The van der Waals surface area contributed by atoms with Crippen LogP contribution >= 0.6 is 0 Å². The molecular weight excluding hydrogens is 244 g/mol. The third-order valence-corrected chi connectivity index (χ3v) is 2.87. The lowest BCUT2D eigenvalue weighted by molar-refractivity contribution is 0.352. The lowest BCUT2D eigenvalue weighted by atomic mass is 9.91. The second kappa shape index (κ2) is 6.12. The predicted molar refractivity (Wildman–Crippen MR) is 75.9 cm³/mol. The summed E-state index contributed by atoms with van der Waals surface area (Å²) in [4.78, 5) is 0. The quantitative estimate of drug-likeness (QED) is 0.823. The van der Waals surface area contributed by atoms with Crippen LogP contribution in [-0.4, -0.2) is 26.9 Å². The topological polar surface area (TPSA) is 79.7 Å². The molecule has 0 bridgehead atoms. The summed E-state index contributed by atoms with van der Waals surface area (Å²) in [5, 5.41) is 0. The highest BCUT2D eigenvalue weighted by molar-refractivity contribution is 5.52. The van der Waals surface area contributed by atoms with E-state index in [0.29, 0.717) is 23.7 Å². The number of hydrogen-bond acceptors (Lipinski definition) is 5. The van der Waals surface area contributed by atoms with E-state index in [4.69, 9.17) is 25.7 Å². The largest absolute Gasteiger partial charge is 0.496 e. The van der Waals surface area contributed by atoms with Gasteiger partial charge in [-0.3, -0.25) is 0 Å². The molecule has 0 fully saturated rings. The fourth-order valence-electron chi connectivity index (χ4n) is 2.07. The minimum Gasteiger partial charge on any atom is -0.496 e. The van der Waals surface area contributed by atoms with Crippen molar-refractivity contribution >= 4 is 0 Å². The molecule has 5 heteroatoms. The fraction of sp³-hybridized carbons (Fsp3) is 0.571. The maximum Gasteiger partial charge on any atom is 0.131 e. The minimum atomic E-state index is -0.366. The third kappa shape index (κ3) is 4.01. The van der Waals surface area contributed by atoms with Gasteiger partial charge in [0.15, 0.2) is 0 Å². The van der Waals surface area contributed by atoms with Crippen LogP contribution in [-0.2, 0) is 0 Å². The average Bonchev–Trinajstić information content (AvgIpc) is 2.34. The molecular formula is C14H24N2O3. The number of rotatable bonds is 6. The van der Waals surface area contributed by atoms with Crippen LogP contribution in [0.2, 0.25) is 0 Å². The first-order valence-corrected chi connectivity index (χ1v) is 6.16. The molecule has 4 N–H and O–H groups in total. The van der Waals surface area contributed by atoms with E-state index >= 15 is 0 Å². The van der Waals surface area contributed by atoms with Gasteiger partial charge in [-0.05, 0) is 20.3 Å². The second-order valence-electron chi connectivity index (χ2n) is 5.24. The molecule has 0 aromatic heterocycles. The normalized spacial score (nSPS) is 13.0. The zero-order chi connectivity index (χ0) is 14.6. The second-order valence-corrected chi connectivity index (χ2v) is 5.24. The molecule has 1 aromatic carbocycles. The summed E-state index contributed by atoms with van der Waals surface area (Å²) in [6, 6.07) is 3.32. The van der Waals surface area contributed by atoms with Crippen LogP contribution in [0.5, 0.6) is 17.2 Å². The summed E-state index contributed by atoms with van der Waals surface area (Å²) in [6.07, 6.45) is 0.617. The summed E-state index contributed by atoms with van der Waals surface area (Å²) in [6.45, 7) is 3.88. The molecule has 1 unspecified atom stereocenters. The van der Waals surface area contributed by atoms with Crippen LogP contribution in [0.15, 0.2) is 12.1 Å². The van der Waals surface area contributed by atoms with Crippen LogP contribution in [0.4, 0.5) is 0 Å². The van der Waals surface area contributed by atoms with Crippen LogP contribution in [0.1, 0.15) is 31.9 Å². The molecule has 0 aliphatic rings. The molecule has 0 spiro atoms. The van der Waals surface area contributed by atoms with Gasteiger partial charge in [-0.15, -0.1) is 0 Å². The summed E-state index contributed by atoms with van der Waals surface area (Å²) in [7, 11) is 4.78. The predicted octanol–water partition coefficient (Wildman–Crippen LogP) is 1.84. The van der Waals surface area contributed by atoms with E-state index in [9.17, 15) is 0 Å². The van der Waals surface area contributed by atoms with Gasteiger partial charge in [0.2, 0.25) is 0 Å². The number of nitrogens with two attached hydrogens (primary N) is 2. The first kappa shape index (κ1) is 15.6. The van der Waals surface area contributed by atoms with E-state index in [2.05, 4.69) is 0 Å². The van der Waals surface area contributed by atoms with E-state index in [0.717, 1.165) is 5.56 Å². The third-order valence-electron chi connectivity index (χ3n) is 2.87. The molecule has 0 aliphatic carbocycles. The van der Waals surface area contributed by atoms with Crippen molar-refractivity contribution in [1.82, 2.24) is 0 Å². The standard InChI is InChI=1S/C14H24N2O3/c1-14(2,16)8-10(15)13-11(18-4)6-9(17-3)7-12(13)19-5/h6-7,10H,8,15-16H2,1-5H3. The maximum atomic E-state index is 6.24. The molecule has 19 heavy (non-hydrogen) atoms. The molecule has 1 rings (SSSR count). The maximum absolute atomic E-state index is 6.24. The van der Waals surface area contributed by atoms with Gasteiger partial charge in [-0.2, -0.15) is 0 Å². The fourth-order valence-corrected chi connectivity index (χ4v) is 2.07. The van der Waals surface area contributed by atoms with Gasteiger partial charge in [0, 0.05) is 23.7 Å². The molecule has 0 amide bonds. The Balaban J connectivity index is 3.23. The summed E-state index contributed by atoms with van der Waals surface area (Å²) in [5.41, 5.74) is 12.7. The Hall–Kier alpha value is -1.46. The highest BCUT2D eigenvalue weighted by atomic mass is 16.5. The van der Waals surface area contributed by atoms with Crippen LogP contribution in [0.3, 0.4) is 0 Å². The molecule has 1 atom stereocenters. The Morgan fingerprint density at radius 2 is 1.53 bits per heavy atom. The molecule has 0 saturated carbocycles. The van der Waals surface area contributed by atoms with Crippen molar-refractivity contribution in [3.63, 3.8) is 0 Å². The van der Waals surface area contributed by atoms with Crippen molar-refractivity contribution in [2.24, 2.45) is 11.5 Å². The lowest BCUT2D eigenvalue weighted by Gasteiger charge is -2.26. The van der Waals surface area contributed by atoms with Crippen molar-refractivity contribution in [3.8, 4) is 17.2 Å². The van der Waals surface area contributed by atoms with Crippen molar-refractivity contribution < 1.29 is 14.2 Å². The van der Waals surface area contributed by atoms with Crippen LogP contribution in [0.25, 0.3) is 0 Å². The van der Waals surface area contributed by atoms with Crippen molar-refractivity contribution in [2.75, 3.05) is 21.3 Å². The summed E-state index contributed by atoms with van der Waals surface area (Å²) >= 11 is 0. The Kier molecular flexibility index (Phi) is 5.03. The van der Waals surface area contributed by atoms with Crippen LogP contribution < -0.4 is 25.7 Å². The molecule has 0 aliphatic heterocycles. The van der Waals surface area contributed by atoms with Gasteiger partial charge in [0.1, 0.15) is 17.2 Å². The Bertz CT molecular complexity index is 402. The molecule has 5 nitrogen and oxygen atoms in total. The number of hydrogen-bond donors (Lipinski definition) is 2. The van der Waals surface area contributed by atoms with E-state index in [1.807, 2.05) is 13.8 Å². The van der Waals surface area contributed by atoms with Crippen molar-refractivity contribution in [2.45, 2.75) is 31.8 Å². The smallest absolute Gasteiger partial charge is 0.131 e. The van der Waals surface area contributed by atoms with Crippen LogP contribution in [0, 0.1) is 0 Å². The van der Waals surface area contributed by atoms with E-state index in [1.165, 1.54) is 0 Å². The Labute approximate surface area is 114 Å². The monoisotopic (exact) mass is 268 g/mol. The molecule has 108 valence electrons. The highest BCUT2D eigenvalue weighted by Crippen LogP contribution is 2.39. The van der Waals surface area contributed by atoms with Crippen molar-refractivity contribution in [3.05, 3.63) is 17.7 Å². The van der Waals surface area contributed by atoms with Gasteiger partial charge >= 0.3 is 0 Å². The van der Waals surface area contributed by atoms with Gasteiger partial charge < -0.3 is 25.7 Å². The van der Waals surface area contributed by atoms with E-state index in [-0.39, 0.29) is 11.6 Å². The minimum absolute atomic E-state index is 0.268. The first-order chi connectivity index (χ1) is 8.82. The lowest BCUT2D eigenvalue weighted by Crippen LogP contribution is -2.36. The van der Waals surface area contributed by atoms with Gasteiger partial charge in [0.25, 0.3) is 0 Å². The highest BCUT2D eigenvalue weighted by Gasteiger charge is 2.24. The average molecular weight is 268 g/mol. The first-order valence-electron chi connectivity index (χ1n) is 6.16. The molecule has 0 radical (unpaired) electrons. The SMILES string of the molecule is COc1cc(OC)c(C(N)CC(C)(C)N)c(OC)c1. The number of benzene rings is 1. The van der Waals surface area contributed by atoms with Crippen molar-refractivity contribution in [1.29, 1.82) is 0 Å².